The van der Waals surface area contributed by atoms with Gasteiger partial charge in [0.1, 0.15) is 0 Å². The second kappa shape index (κ2) is 13.2. The van der Waals surface area contributed by atoms with Crippen LogP contribution in [0.1, 0.15) is 38.5 Å². The number of carbonyl (C=O) groups excluding carboxylic acids is 1. The van der Waals surface area contributed by atoms with Crippen molar-refractivity contribution in [3.05, 3.63) is 32.5 Å². The van der Waals surface area contributed by atoms with Gasteiger partial charge in [-0.15, -0.1) is 23.2 Å². The molecule has 0 fully saturated rings. The molecule has 0 aromatic heterocycles. The van der Waals surface area contributed by atoms with Crippen molar-refractivity contribution in [1.82, 2.24) is 0 Å². The van der Waals surface area contributed by atoms with Gasteiger partial charge in [-0.25, -0.2) is 0 Å². The smallest absolute Gasteiger partial charge is 0.155 e. The fourth-order valence-corrected chi connectivity index (χ4v) is 3.92. The summed E-state index contributed by atoms with van der Waals surface area (Å²) in [7, 11) is 0. The Kier molecular flexibility index (Phi) is 13.7. The highest BCUT2D eigenvalue weighted by molar-refractivity contribution is 14.1. The third-order valence-electron chi connectivity index (χ3n) is 2.87. The van der Waals surface area contributed by atoms with Crippen molar-refractivity contribution >= 4 is 74.2 Å². The first-order valence-electron chi connectivity index (χ1n) is 7.04. The summed E-state index contributed by atoms with van der Waals surface area (Å²) in [6, 6.07) is 0. The van der Waals surface area contributed by atoms with Crippen molar-refractivity contribution < 1.29 is 9.90 Å². The Labute approximate surface area is 170 Å². The molecule has 0 amide bonds. The van der Waals surface area contributed by atoms with E-state index in [1.54, 1.807) is 0 Å². The fourth-order valence-electron chi connectivity index (χ4n) is 1.73. The molecule has 3 atom stereocenters. The summed E-state index contributed by atoms with van der Waals surface area (Å²) in [5.74, 6) is -0.0215. The van der Waals surface area contributed by atoms with Crippen molar-refractivity contribution in [2.24, 2.45) is 0 Å². The number of carbonyl (C=O) groups is 1. The molecular weight excluding hydrogens is 549 g/mol. The van der Waals surface area contributed by atoms with E-state index in [-0.39, 0.29) is 16.5 Å². The Morgan fingerprint density at radius 1 is 1.05 bits per heavy atom. The lowest BCUT2D eigenvalue weighted by atomic mass is 10.1. The third-order valence-corrected chi connectivity index (χ3v) is 4.50. The van der Waals surface area contributed by atoms with E-state index in [1.807, 2.05) is 0 Å². The first kappa shape index (κ1) is 22.9. The lowest BCUT2D eigenvalue weighted by molar-refractivity contribution is -0.114. The molecule has 126 valence electrons. The highest BCUT2D eigenvalue weighted by Gasteiger charge is 2.10. The number of aliphatic hydroxyl groups is 1. The van der Waals surface area contributed by atoms with Gasteiger partial charge in [-0.3, -0.25) is 4.79 Å². The maximum absolute atomic E-state index is 11.7. The molecule has 0 saturated carbocycles. The lowest BCUT2D eigenvalue weighted by Crippen LogP contribution is -2.08. The Morgan fingerprint density at radius 2 is 1.55 bits per heavy atom. The number of ketones is 1. The van der Waals surface area contributed by atoms with Crippen molar-refractivity contribution in [1.29, 1.82) is 0 Å². The van der Waals surface area contributed by atoms with E-state index in [0.29, 0.717) is 32.1 Å². The average molecular weight is 571 g/mol. The molecule has 0 heterocycles. The number of rotatable bonds is 12. The largest absolute Gasteiger partial charge is 0.389 e. The Bertz CT molecular complexity index is 411. The summed E-state index contributed by atoms with van der Waals surface area (Å²) in [5.41, 5.74) is 0. The van der Waals surface area contributed by atoms with E-state index in [9.17, 15) is 9.90 Å². The summed E-state index contributed by atoms with van der Waals surface area (Å²) in [6.45, 7) is 7.59. The van der Waals surface area contributed by atoms with Crippen LogP contribution in [-0.4, -0.2) is 27.7 Å². The predicted octanol–water partition coefficient (Wildman–Crippen LogP) is 5.93. The maximum Gasteiger partial charge on any atom is 0.155 e. The first-order chi connectivity index (χ1) is 10.2. The van der Waals surface area contributed by atoms with Crippen LogP contribution in [0.5, 0.6) is 0 Å². The van der Waals surface area contributed by atoms with Crippen LogP contribution in [-0.2, 0) is 4.79 Å². The van der Waals surface area contributed by atoms with Crippen molar-refractivity contribution in [2.45, 2.75) is 55.4 Å². The van der Waals surface area contributed by atoms with Gasteiger partial charge in [0.2, 0.25) is 0 Å². The number of aliphatic hydroxyl groups excluding tert-OH is 1. The molecule has 0 saturated heterocycles. The second-order valence-electron chi connectivity index (χ2n) is 5.15. The molecule has 2 nitrogen and oxygen atoms in total. The van der Waals surface area contributed by atoms with Gasteiger partial charge in [-0.2, -0.15) is 0 Å². The van der Waals surface area contributed by atoms with Crippen molar-refractivity contribution in [3.63, 3.8) is 0 Å². The van der Waals surface area contributed by atoms with Crippen LogP contribution in [0, 0.1) is 0 Å². The summed E-state index contributed by atoms with van der Waals surface area (Å²) in [5, 5.41) is 9.73. The Hall–Kier alpha value is 0.890. The molecule has 0 aliphatic rings. The molecular formula is C16H22Cl2I2O2. The highest BCUT2D eigenvalue weighted by atomic mass is 127. The summed E-state index contributed by atoms with van der Waals surface area (Å²) >= 11 is 16.5. The summed E-state index contributed by atoms with van der Waals surface area (Å²) in [6.07, 6.45) is 5.99. The van der Waals surface area contributed by atoms with E-state index in [0.717, 1.165) is 13.6 Å². The predicted molar refractivity (Wildman–Crippen MR) is 113 cm³/mol. The van der Waals surface area contributed by atoms with E-state index >= 15 is 0 Å². The Balaban J connectivity index is 3.95. The van der Waals surface area contributed by atoms with Crippen LogP contribution in [0.25, 0.3) is 0 Å². The monoisotopic (exact) mass is 570 g/mol. The van der Waals surface area contributed by atoms with Gasteiger partial charge >= 0.3 is 0 Å². The normalized spacial score (nSPS) is 15.5. The van der Waals surface area contributed by atoms with Gasteiger partial charge in [-0.05, 0) is 90.5 Å². The number of hydrogen-bond acceptors (Lipinski definition) is 2. The van der Waals surface area contributed by atoms with Crippen LogP contribution in [0.4, 0.5) is 0 Å². The van der Waals surface area contributed by atoms with Gasteiger partial charge < -0.3 is 5.11 Å². The average Bonchev–Trinajstić information content (AvgIpc) is 2.39. The van der Waals surface area contributed by atoms with Crippen LogP contribution >= 0.6 is 68.4 Å². The molecule has 0 rings (SSSR count). The minimum absolute atomic E-state index is 0.0215. The molecule has 0 aliphatic carbocycles. The minimum Gasteiger partial charge on any atom is -0.389 e. The number of alkyl halides is 2. The van der Waals surface area contributed by atoms with E-state index < -0.39 is 6.10 Å². The molecule has 1 unspecified atom stereocenters. The van der Waals surface area contributed by atoms with Gasteiger partial charge in [0.15, 0.2) is 5.78 Å². The molecule has 0 aromatic rings. The van der Waals surface area contributed by atoms with E-state index in [4.69, 9.17) is 23.2 Å². The number of allylic oxidation sites excluding steroid dienone is 3. The summed E-state index contributed by atoms with van der Waals surface area (Å²) in [4.78, 5) is 11.7. The first-order valence-corrected chi connectivity index (χ1v) is 10.1. The van der Waals surface area contributed by atoms with Crippen LogP contribution < -0.4 is 0 Å². The number of hydrogen-bond donors (Lipinski definition) is 1. The highest BCUT2D eigenvalue weighted by Crippen LogP contribution is 2.20. The summed E-state index contributed by atoms with van der Waals surface area (Å²) < 4.78 is 1.99. The van der Waals surface area contributed by atoms with E-state index in [2.05, 4.69) is 58.3 Å². The topological polar surface area (TPSA) is 37.3 Å². The van der Waals surface area contributed by atoms with Crippen molar-refractivity contribution in [3.8, 4) is 0 Å². The molecule has 0 spiro atoms. The van der Waals surface area contributed by atoms with Gasteiger partial charge in [0.05, 0.1) is 6.10 Å². The van der Waals surface area contributed by atoms with Crippen LogP contribution in [0.15, 0.2) is 32.5 Å². The van der Waals surface area contributed by atoms with Crippen LogP contribution in [0.3, 0.4) is 0 Å². The number of halogens is 4. The van der Waals surface area contributed by atoms with Gasteiger partial charge in [0.25, 0.3) is 0 Å². The molecule has 0 radical (unpaired) electrons. The van der Waals surface area contributed by atoms with Gasteiger partial charge in [-0.1, -0.05) is 19.2 Å². The standard InChI is InChI=1S/C16H22Cl2I2O2/c1-11(19)9-13(17)3-5-15(21)7-8-16(22)6-4-14(18)10-12(2)20/h7-8,13-15,21H,1-6,9-10H2/b8-7+/t13-,14-,15?/m1/s1. The molecule has 6 heteroatoms. The fraction of sp³-hybridized carbons (Fsp3) is 0.562. The van der Waals surface area contributed by atoms with Gasteiger partial charge in [0, 0.05) is 17.2 Å². The quantitative estimate of drug-likeness (QED) is 0.180. The molecule has 1 N–H and O–H groups in total. The Morgan fingerprint density at radius 3 is 2.05 bits per heavy atom. The zero-order valence-electron chi connectivity index (χ0n) is 12.4. The lowest BCUT2D eigenvalue weighted by Gasteiger charge is -2.10. The minimum atomic E-state index is -0.645. The molecule has 0 aromatic carbocycles. The van der Waals surface area contributed by atoms with Crippen molar-refractivity contribution in [2.75, 3.05) is 0 Å². The van der Waals surface area contributed by atoms with E-state index in [1.165, 1.54) is 12.2 Å². The third kappa shape index (κ3) is 14.5. The molecule has 22 heavy (non-hydrogen) atoms. The maximum atomic E-state index is 11.7. The zero-order valence-corrected chi connectivity index (χ0v) is 18.2. The zero-order chi connectivity index (χ0) is 17.1. The molecule has 0 aliphatic heterocycles. The van der Waals surface area contributed by atoms with Crippen LogP contribution in [0.2, 0.25) is 0 Å². The molecule has 0 bridgehead atoms. The second-order valence-corrected chi connectivity index (χ2v) is 9.43. The SMILES string of the molecule is C=C(I)C[C@H](Cl)CCC(=O)/C=C/C(O)CC[C@@H](Cl)CC(=C)I.